The fourth-order valence-corrected chi connectivity index (χ4v) is 1.90. The third kappa shape index (κ3) is 3.66. The van der Waals surface area contributed by atoms with Gasteiger partial charge in [-0.15, -0.1) is 18.3 Å². The van der Waals surface area contributed by atoms with Crippen LogP contribution in [0.4, 0.5) is 0 Å². The number of benzene rings is 1. The highest BCUT2D eigenvalue weighted by atomic mass is 32.2. The van der Waals surface area contributed by atoms with Crippen LogP contribution < -0.4 is 0 Å². The first-order valence-corrected chi connectivity index (χ1v) is 5.21. The molecule has 2 heteroatoms. The Morgan fingerprint density at radius 2 is 2.38 bits per heavy atom. The minimum absolute atomic E-state index is 0.412. The van der Waals surface area contributed by atoms with Gasteiger partial charge in [0.1, 0.15) is 0 Å². The van der Waals surface area contributed by atoms with Crippen LogP contribution in [-0.4, -0.2) is 17.0 Å². The molecular formula is C11H14OS. The first-order valence-electron chi connectivity index (χ1n) is 4.22. The summed E-state index contributed by atoms with van der Waals surface area (Å²) in [6.45, 7) is 5.59. The molecule has 1 aromatic carbocycles. The normalized spacial score (nSPS) is 12.5. The van der Waals surface area contributed by atoms with E-state index in [0.717, 1.165) is 0 Å². The van der Waals surface area contributed by atoms with Crippen molar-refractivity contribution in [3.05, 3.63) is 42.5 Å². The van der Waals surface area contributed by atoms with E-state index in [1.165, 1.54) is 10.5 Å². The van der Waals surface area contributed by atoms with Crippen LogP contribution in [0, 0.1) is 6.92 Å². The molecule has 1 nitrogen and oxygen atoms in total. The molecule has 1 unspecified atom stereocenters. The fraction of sp³-hybridized carbons (Fsp3) is 0.273. The van der Waals surface area contributed by atoms with Crippen LogP contribution in [0.15, 0.2) is 41.8 Å². The van der Waals surface area contributed by atoms with Crippen LogP contribution in [-0.2, 0) is 0 Å². The summed E-state index contributed by atoms with van der Waals surface area (Å²) in [6.07, 6.45) is 1.15. The maximum absolute atomic E-state index is 9.25. The van der Waals surface area contributed by atoms with Crippen molar-refractivity contribution >= 4 is 11.8 Å². The molecule has 70 valence electrons. The Morgan fingerprint density at radius 3 is 3.00 bits per heavy atom. The van der Waals surface area contributed by atoms with Crippen molar-refractivity contribution in [1.29, 1.82) is 0 Å². The highest BCUT2D eigenvalue weighted by Crippen LogP contribution is 2.19. The molecule has 1 N–H and O–H groups in total. The van der Waals surface area contributed by atoms with Gasteiger partial charge in [0.05, 0.1) is 6.10 Å². The van der Waals surface area contributed by atoms with Gasteiger partial charge in [-0.1, -0.05) is 23.8 Å². The topological polar surface area (TPSA) is 20.2 Å². The van der Waals surface area contributed by atoms with Crippen LogP contribution in [0.5, 0.6) is 0 Å². The van der Waals surface area contributed by atoms with Gasteiger partial charge in [-0.05, 0) is 19.1 Å². The van der Waals surface area contributed by atoms with Crippen molar-refractivity contribution in [2.75, 3.05) is 5.75 Å². The smallest absolute Gasteiger partial charge is 0.0812 e. The first kappa shape index (κ1) is 10.4. The average Bonchev–Trinajstić information content (AvgIpc) is 2.14. The molecule has 13 heavy (non-hydrogen) atoms. The summed E-state index contributed by atoms with van der Waals surface area (Å²) in [6, 6.07) is 8.25. The number of hydrogen-bond donors (Lipinski definition) is 1. The second-order valence-corrected chi connectivity index (χ2v) is 4.02. The van der Waals surface area contributed by atoms with Crippen molar-refractivity contribution < 1.29 is 5.11 Å². The van der Waals surface area contributed by atoms with Crippen molar-refractivity contribution in [3.63, 3.8) is 0 Å². The minimum atomic E-state index is -0.412. The largest absolute Gasteiger partial charge is 0.388 e. The second-order valence-electron chi connectivity index (χ2n) is 2.93. The van der Waals surface area contributed by atoms with E-state index < -0.39 is 6.10 Å². The van der Waals surface area contributed by atoms with E-state index in [4.69, 9.17) is 0 Å². The molecule has 0 radical (unpaired) electrons. The lowest BCUT2D eigenvalue weighted by molar-refractivity contribution is 0.249. The van der Waals surface area contributed by atoms with E-state index in [-0.39, 0.29) is 0 Å². The first-order chi connectivity index (χ1) is 6.22. The van der Waals surface area contributed by atoms with Crippen LogP contribution in [0.25, 0.3) is 0 Å². The van der Waals surface area contributed by atoms with Crippen molar-refractivity contribution in [3.8, 4) is 0 Å². The van der Waals surface area contributed by atoms with E-state index >= 15 is 0 Å². The van der Waals surface area contributed by atoms with Crippen molar-refractivity contribution in [2.24, 2.45) is 0 Å². The van der Waals surface area contributed by atoms with Gasteiger partial charge < -0.3 is 5.11 Å². The molecule has 0 saturated carbocycles. The molecule has 0 bridgehead atoms. The summed E-state index contributed by atoms with van der Waals surface area (Å²) >= 11 is 1.65. The third-order valence-electron chi connectivity index (χ3n) is 1.68. The molecule has 0 aliphatic rings. The zero-order valence-corrected chi connectivity index (χ0v) is 8.55. The monoisotopic (exact) mass is 194 g/mol. The molecule has 1 atom stereocenters. The lowest BCUT2D eigenvalue weighted by Gasteiger charge is -2.04. The molecule has 1 rings (SSSR count). The average molecular weight is 194 g/mol. The summed E-state index contributed by atoms with van der Waals surface area (Å²) in [5.74, 6) is 0.674. The molecule has 0 fully saturated rings. The number of hydrogen-bond acceptors (Lipinski definition) is 2. The number of rotatable bonds is 4. The zero-order valence-electron chi connectivity index (χ0n) is 7.73. The molecule has 0 heterocycles. The molecule has 0 aliphatic heterocycles. The molecule has 0 amide bonds. The van der Waals surface area contributed by atoms with Gasteiger partial charge in [0.25, 0.3) is 0 Å². The second kappa shape index (κ2) is 5.10. The van der Waals surface area contributed by atoms with E-state index in [2.05, 4.69) is 25.6 Å². The van der Waals surface area contributed by atoms with Crippen molar-refractivity contribution in [1.82, 2.24) is 0 Å². The van der Waals surface area contributed by atoms with E-state index in [1.807, 2.05) is 12.1 Å². The fourth-order valence-electron chi connectivity index (χ4n) is 0.955. The Kier molecular flexibility index (Phi) is 4.06. The molecule has 0 aromatic heterocycles. The molecule has 1 aromatic rings. The molecule has 0 spiro atoms. The lowest BCUT2D eigenvalue weighted by atomic mass is 10.2. The standard InChI is InChI=1S/C11H14OS/c1-3-10(12)8-13-11-6-4-5-9(2)7-11/h3-7,10,12H,1,8H2,2H3. The van der Waals surface area contributed by atoms with Crippen LogP contribution in [0.1, 0.15) is 5.56 Å². The Balaban J connectivity index is 2.49. The molecular weight excluding hydrogens is 180 g/mol. The minimum Gasteiger partial charge on any atom is -0.388 e. The quantitative estimate of drug-likeness (QED) is 0.587. The van der Waals surface area contributed by atoms with E-state index in [1.54, 1.807) is 17.8 Å². The maximum atomic E-state index is 9.25. The predicted octanol–water partition coefficient (Wildman–Crippen LogP) is 2.63. The molecule has 0 aliphatic carbocycles. The van der Waals surface area contributed by atoms with Gasteiger partial charge in [-0.3, -0.25) is 0 Å². The van der Waals surface area contributed by atoms with Gasteiger partial charge in [-0.25, -0.2) is 0 Å². The maximum Gasteiger partial charge on any atom is 0.0812 e. The zero-order chi connectivity index (χ0) is 9.68. The van der Waals surface area contributed by atoms with Gasteiger partial charge >= 0.3 is 0 Å². The predicted molar refractivity (Wildman–Crippen MR) is 58.1 cm³/mol. The summed E-state index contributed by atoms with van der Waals surface area (Å²) in [7, 11) is 0. The highest BCUT2D eigenvalue weighted by molar-refractivity contribution is 7.99. The SMILES string of the molecule is C=CC(O)CSc1cccc(C)c1. The third-order valence-corrected chi connectivity index (χ3v) is 2.78. The number of aryl methyl sites for hydroxylation is 1. The van der Waals surface area contributed by atoms with Gasteiger partial charge in [0.15, 0.2) is 0 Å². The Bertz CT molecular complexity index is 283. The molecule has 0 saturated heterocycles. The Hall–Kier alpha value is -0.730. The summed E-state index contributed by atoms with van der Waals surface area (Å²) in [4.78, 5) is 1.20. The summed E-state index contributed by atoms with van der Waals surface area (Å²) in [5.41, 5.74) is 1.25. The Morgan fingerprint density at radius 1 is 1.62 bits per heavy atom. The van der Waals surface area contributed by atoms with Crippen LogP contribution >= 0.6 is 11.8 Å². The van der Waals surface area contributed by atoms with Crippen LogP contribution in [0.2, 0.25) is 0 Å². The van der Waals surface area contributed by atoms with Gasteiger partial charge in [0.2, 0.25) is 0 Å². The number of aliphatic hydroxyl groups excluding tert-OH is 1. The number of aliphatic hydroxyl groups is 1. The summed E-state index contributed by atoms with van der Waals surface area (Å²) < 4.78 is 0. The van der Waals surface area contributed by atoms with Crippen LogP contribution in [0.3, 0.4) is 0 Å². The number of thioether (sulfide) groups is 1. The highest BCUT2D eigenvalue weighted by Gasteiger charge is 1.99. The summed E-state index contributed by atoms with van der Waals surface area (Å²) in [5, 5.41) is 9.25. The van der Waals surface area contributed by atoms with E-state index in [0.29, 0.717) is 5.75 Å². The lowest BCUT2D eigenvalue weighted by Crippen LogP contribution is -2.04. The van der Waals surface area contributed by atoms with Gasteiger partial charge in [-0.2, -0.15) is 0 Å². The van der Waals surface area contributed by atoms with Crippen molar-refractivity contribution in [2.45, 2.75) is 17.9 Å². The van der Waals surface area contributed by atoms with E-state index in [9.17, 15) is 5.11 Å². The van der Waals surface area contributed by atoms with Gasteiger partial charge in [0, 0.05) is 10.6 Å². The Labute approximate surface area is 83.5 Å².